The Morgan fingerprint density at radius 1 is 1.19 bits per heavy atom. The standard InChI is InChI=1S/C21H28N4O2/c1-22-21(23-11-3-5-14-25-13-4-2-6-20(25)26)24-12-9-17-7-8-19-18(16-17)10-15-27-19/h2,4,6-8,13,16H,3,5,9-12,14-15H2,1H3,(H2,22,23,24). The quantitative estimate of drug-likeness (QED) is 0.425. The van der Waals surface area contributed by atoms with E-state index in [0.717, 1.165) is 63.6 Å². The molecule has 1 aliphatic heterocycles. The lowest BCUT2D eigenvalue weighted by Crippen LogP contribution is -2.38. The average molecular weight is 368 g/mol. The highest BCUT2D eigenvalue weighted by atomic mass is 16.5. The number of ether oxygens (including phenoxy) is 1. The van der Waals surface area contributed by atoms with Crippen molar-refractivity contribution >= 4 is 5.96 Å². The summed E-state index contributed by atoms with van der Waals surface area (Å²) in [5.41, 5.74) is 2.68. The van der Waals surface area contributed by atoms with E-state index in [2.05, 4.69) is 33.8 Å². The molecule has 0 saturated heterocycles. The molecule has 0 amide bonds. The fourth-order valence-electron chi connectivity index (χ4n) is 3.20. The van der Waals surface area contributed by atoms with Gasteiger partial charge in [0.15, 0.2) is 5.96 Å². The van der Waals surface area contributed by atoms with Gasteiger partial charge in [0.25, 0.3) is 0 Å². The molecule has 0 atom stereocenters. The highest BCUT2D eigenvalue weighted by molar-refractivity contribution is 5.79. The van der Waals surface area contributed by atoms with Gasteiger partial charge < -0.3 is 19.9 Å². The largest absolute Gasteiger partial charge is 0.493 e. The number of rotatable bonds is 8. The molecular formula is C21H28N4O2. The molecule has 0 unspecified atom stereocenters. The van der Waals surface area contributed by atoms with E-state index in [0.29, 0.717) is 0 Å². The van der Waals surface area contributed by atoms with E-state index < -0.39 is 0 Å². The molecule has 1 aromatic carbocycles. The predicted molar refractivity (Wildman–Crippen MR) is 109 cm³/mol. The molecule has 0 aliphatic carbocycles. The second-order valence-corrected chi connectivity index (χ2v) is 6.66. The Morgan fingerprint density at radius 2 is 2.07 bits per heavy atom. The Balaban J connectivity index is 1.32. The van der Waals surface area contributed by atoms with E-state index in [1.165, 1.54) is 11.1 Å². The third kappa shape index (κ3) is 5.61. The number of hydrogen-bond donors (Lipinski definition) is 2. The Bertz CT molecular complexity index is 829. The first-order chi connectivity index (χ1) is 13.3. The number of hydrogen-bond acceptors (Lipinski definition) is 3. The summed E-state index contributed by atoms with van der Waals surface area (Å²) in [5.74, 6) is 1.85. The van der Waals surface area contributed by atoms with Gasteiger partial charge in [-0.05, 0) is 42.5 Å². The smallest absolute Gasteiger partial charge is 0.250 e. The minimum absolute atomic E-state index is 0.0565. The van der Waals surface area contributed by atoms with E-state index in [1.807, 2.05) is 12.3 Å². The lowest BCUT2D eigenvalue weighted by atomic mass is 10.1. The average Bonchev–Trinajstić information content (AvgIpc) is 3.15. The maximum Gasteiger partial charge on any atom is 0.250 e. The molecule has 1 aliphatic rings. The molecule has 1 aromatic heterocycles. The highest BCUT2D eigenvalue weighted by Gasteiger charge is 2.11. The van der Waals surface area contributed by atoms with Gasteiger partial charge in [0.05, 0.1) is 6.61 Å². The van der Waals surface area contributed by atoms with Gasteiger partial charge in [0.2, 0.25) is 5.56 Å². The summed E-state index contributed by atoms with van der Waals surface area (Å²) < 4.78 is 7.29. The lowest BCUT2D eigenvalue weighted by molar-refractivity contribution is 0.357. The molecule has 0 bridgehead atoms. The van der Waals surface area contributed by atoms with Crippen LogP contribution in [0, 0.1) is 0 Å². The van der Waals surface area contributed by atoms with Crippen molar-refractivity contribution in [2.45, 2.75) is 32.2 Å². The summed E-state index contributed by atoms with van der Waals surface area (Å²) in [7, 11) is 1.78. The molecule has 27 heavy (non-hydrogen) atoms. The monoisotopic (exact) mass is 368 g/mol. The summed E-state index contributed by atoms with van der Waals surface area (Å²) >= 11 is 0. The molecule has 2 N–H and O–H groups in total. The Kier molecular flexibility index (Phi) is 6.90. The molecule has 0 saturated carbocycles. The van der Waals surface area contributed by atoms with Gasteiger partial charge in [0, 0.05) is 45.4 Å². The van der Waals surface area contributed by atoms with Gasteiger partial charge >= 0.3 is 0 Å². The Labute approximate surface area is 160 Å². The van der Waals surface area contributed by atoms with Gasteiger partial charge in [-0.3, -0.25) is 9.79 Å². The van der Waals surface area contributed by atoms with Crippen molar-refractivity contribution < 1.29 is 4.74 Å². The predicted octanol–water partition coefficient (Wildman–Crippen LogP) is 1.97. The molecule has 6 heteroatoms. The van der Waals surface area contributed by atoms with E-state index in [9.17, 15) is 4.79 Å². The van der Waals surface area contributed by atoms with Crippen LogP contribution in [0.1, 0.15) is 24.0 Å². The van der Waals surface area contributed by atoms with Gasteiger partial charge in [0.1, 0.15) is 5.75 Å². The number of fused-ring (bicyclic) bond motifs is 1. The molecular weight excluding hydrogens is 340 g/mol. The molecule has 0 fully saturated rings. The molecule has 144 valence electrons. The van der Waals surface area contributed by atoms with Crippen LogP contribution in [0.3, 0.4) is 0 Å². The first-order valence-electron chi connectivity index (χ1n) is 9.61. The topological polar surface area (TPSA) is 67.7 Å². The second kappa shape index (κ2) is 9.80. The van der Waals surface area contributed by atoms with Gasteiger partial charge in [-0.15, -0.1) is 0 Å². The molecule has 2 heterocycles. The number of aliphatic imine (C=N–C) groups is 1. The summed E-state index contributed by atoms with van der Waals surface area (Å²) in [4.78, 5) is 15.9. The number of unbranched alkanes of at least 4 members (excludes halogenated alkanes) is 1. The molecule has 3 rings (SSSR count). The second-order valence-electron chi connectivity index (χ2n) is 6.66. The van der Waals surface area contributed by atoms with Crippen molar-refractivity contribution in [3.05, 3.63) is 64.1 Å². The van der Waals surface area contributed by atoms with Crippen LogP contribution >= 0.6 is 0 Å². The minimum atomic E-state index is 0.0565. The van der Waals surface area contributed by atoms with Gasteiger partial charge in [-0.1, -0.05) is 18.2 Å². The molecule has 6 nitrogen and oxygen atoms in total. The normalized spacial score (nSPS) is 13.1. The van der Waals surface area contributed by atoms with Crippen molar-refractivity contribution in [2.24, 2.45) is 4.99 Å². The lowest BCUT2D eigenvalue weighted by Gasteiger charge is -2.12. The number of guanidine groups is 1. The van der Waals surface area contributed by atoms with Crippen LogP contribution in [0.15, 0.2) is 52.4 Å². The van der Waals surface area contributed by atoms with Crippen molar-refractivity contribution in [3.63, 3.8) is 0 Å². The van der Waals surface area contributed by atoms with Crippen LogP contribution in [0.4, 0.5) is 0 Å². The molecule has 2 aromatic rings. The molecule has 0 radical (unpaired) electrons. The zero-order chi connectivity index (χ0) is 18.9. The van der Waals surface area contributed by atoms with Crippen LogP contribution in [0.5, 0.6) is 5.75 Å². The maximum absolute atomic E-state index is 11.6. The summed E-state index contributed by atoms with van der Waals surface area (Å²) in [6.45, 7) is 3.21. The fraction of sp³-hybridized carbons (Fsp3) is 0.429. The first kappa shape index (κ1) is 19.0. The maximum atomic E-state index is 11.6. The number of nitrogens with zero attached hydrogens (tertiary/aromatic N) is 2. The number of pyridine rings is 1. The van der Waals surface area contributed by atoms with E-state index >= 15 is 0 Å². The number of benzene rings is 1. The number of nitrogens with one attached hydrogen (secondary N) is 2. The Hall–Kier alpha value is -2.76. The molecule has 0 spiro atoms. The van der Waals surface area contributed by atoms with E-state index in [-0.39, 0.29) is 5.56 Å². The van der Waals surface area contributed by atoms with Crippen LogP contribution < -0.4 is 20.9 Å². The van der Waals surface area contributed by atoms with Crippen molar-refractivity contribution in [1.29, 1.82) is 0 Å². The van der Waals surface area contributed by atoms with Crippen LogP contribution in [-0.4, -0.2) is 37.3 Å². The summed E-state index contributed by atoms with van der Waals surface area (Å²) in [6.07, 6.45) is 5.72. The number of aryl methyl sites for hydroxylation is 1. The van der Waals surface area contributed by atoms with Crippen molar-refractivity contribution in [2.75, 3.05) is 26.7 Å². The SMILES string of the molecule is CN=C(NCCCCn1ccccc1=O)NCCc1ccc2c(c1)CCO2. The third-order valence-electron chi connectivity index (χ3n) is 4.70. The van der Waals surface area contributed by atoms with Crippen LogP contribution in [-0.2, 0) is 19.4 Å². The zero-order valence-electron chi connectivity index (χ0n) is 15.9. The van der Waals surface area contributed by atoms with Gasteiger partial charge in [-0.2, -0.15) is 0 Å². The summed E-state index contributed by atoms with van der Waals surface area (Å²) in [6, 6.07) is 11.7. The van der Waals surface area contributed by atoms with E-state index in [4.69, 9.17) is 4.74 Å². The Morgan fingerprint density at radius 3 is 2.93 bits per heavy atom. The zero-order valence-corrected chi connectivity index (χ0v) is 15.9. The van der Waals surface area contributed by atoms with E-state index in [1.54, 1.807) is 23.7 Å². The van der Waals surface area contributed by atoms with Crippen LogP contribution in [0.25, 0.3) is 0 Å². The van der Waals surface area contributed by atoms with Crippen molar-refractivity contribution in [1.82, 2.24) is 15.2 Å². The van der Waals surface area contributed by atoms with Crippen LogP contribution in [0.2, 0.25) is 0 Å². The first-order valence-corrected chi connectivity index (χ1v) is 9.61. The fourth-order valence-corrected chi connectivity index (χ4v) is 3.20. The van der Waals surface area contributed by atoms with Gasteiger partial charge in [-0.25, -0.2) is 0 Å². The third-order valence-corrected chi connectivity index (χ3v) is 4.70. The number of aromatic nitrogens is 1. The summed E-state index contributed by atoms with van der Waals surface area (Å²) in [5, 5.41) is 6.69. The minimum Gasteiger partial charge on any atom is -0.493 e. The highest BCUT2D eigenvalue weighted by Crippen LogP contribution is 2.25. The van der Waals surface area contributed by atoms with Crippen molar-refractivity contribution in [3.8, 4) is 5.75 Å².